The number of para-hydroxylation sites is 1. The zero-order chi connectivity index (χ0) is 15.0. The minimum atomic E-state index is 0.299. The van der Waals surface area contributed by atoms with Crippen molar-refractivity contribution in [2.45, 2.75) is 52.5 Å². The van der Waals surface area contributed by atoms with Crippen molar-refractivity contribution in [1.82, 2.24) is 9.55 Å². The van der Waals surface area contributed by atoms with Gasteiger partial charge in [0.2, 0.25) is 0 Å². The molecule has 1 aromatic carbocycles. The van der Waals surface area contributed by atoms with Crippen molar-refractivity contribution in [3.8, 4) is 5.75 Å². The molecule has 1 fully saturated rings. The van der Waals surface area contributed by atoms with Crippen LogP contribution in [0.2, 0.25) is 0 Å². The van der Waals surface area contributed by atoms with Crippen LogP contribution in [0.15, 0.2) is 18.2 Å². The first-order chi connectivity index (χ1) is 10.0. The Morgan fingerprint density at radius 1 is 1.43 bits per heavy atom. The molecule has 4 heteroatoms. The molecule has 0 amide bonds. The summed E-state index contributed by atoms with van der Waals surface area (Å²) < 4.78 is 8.99. The fourth-order valence-corrected chi connectivity index (χ4v) is 3.88. The van der Waals surface area contributed by atoms with E-state index in [0.717, 1.165) is 29.1 Å². The van der Waals surface area contributed by atoms with E-state index in [-0.39, 0.29) is 0 Å². The molecule has 21 heavy (non-hydrogen) atoms. The maximum Gasteiger partial charge on any atom is 0.178 e. The maximum atomic E-state index is 5.86. The van der Waals surface area contributed by atoms with Crippen molar-refractivity contribution in [2.24, 2.45) is 5.41 Å². The molecule has 3 nitrogen and oxygen atoms in total. The van der Waals surface area contributed by atoms with Gasteiger partial charge in [0.05, 0.1) is 12.1 Å². The van der Waals surface area contributed by atoms with E-state index in [4.69, 9.17) is 17.0 Å². The van der Waals surface area contributed by atoms with Gasteiger partial charge in [-0.25, -0.2) is 0 Å². The maximum absolute atomic E-state index is 5.86. The van der Waals surface area contributed by atoms with Crippen molar-refractivity contribution in [1.29, 1.82) is 0 Å². The van der Waals surface area contributed by atoms with Crippen LogP contribution in [0.4, 0.5) is 0 Å². The molecule has 1 aliphatic carbocycles. The van der Waals surface area contributed by atoms with Gasteiger partial charge in [0, 0.05) is 6.04 Å². The Morgan fingerprint density at radius 3 is 2.90 bits per heavy atom. The van der Waals surface area contributed by atoms with E-state index >= 15 is 0 Å². The molecule has 3 rings (SSSR count). The lowest BCUT2D eigenvalue weighted by Crippen LogP contribution is -2.21. The molecule has 0 radical (unpaired) electrons. The molecule has 1 aliphatic rings. The van der Waals surface area contributed by atoms with E-state index in [1.165, 1.54) is 24.8 Å². The highest BCUT2D eigenvalue weighted by molar-refractivity contribution is 7.71. The number of nitrogens with one attached hydrogen (secondary N) is 1. The van der Waals surface area contributed by atoms with Crippen molar-refractivity contribution < 1.29 is 4.74 Å². The second kappa shape index (κ2) is 5.48. The monoisotopic (exact) mass is 304 g/mol. The molecule has 0 aliphatic heterocycles. The molecular formula is C17H24N2OS. The Hall–Kier alpha value is -1.29. The number of aromatic amines is 1. The summed E-state index contributed by atoms with van der Waals surface area (Å²) in [5.41, 5.74) is 2.51. The average molecular weight is 304 g/mol. The first kappa shape index (κ1) is 14.6. The summed E-state index contributed by atoms with van der Waals surface area (Å²) in [4.78, 5) is 3.37. The number of ether oxygens (including phenoxy) is 1. The molecule has 114 valence electrons. The highest BCUT2D eigenvalue weighted by Gasteiger charge is 2.36. The minimum absolute atomic E-state index is 0.299. The molecular weight excluding hydrogens is 280 g/mol. The third-order valence-corrected chi connectivity index (χ3v) is 4.99. The van der Waals surface area contributed by atoms with Crippen LogP contribution in [0.5, 0.6) is 5.75 Å². The van der Waals surface area contributed by atoms with Gasteiger partial charge in [-0.3, -0.25) is 0 Å². The average Bonchev–Trinajstić information content (AvgIpc) is 2.95. The predicted octanol–water partition coefficient (Wildman–Crippen LogP) is 5.24. The quantitative estimate of drug-likeness (QED) is 0.783. The molecule has 2 aromatic rings. The topological polar surface area (TPSA) is 29.9 Å². The molecule has 1 N–H and O–H groups in total. The van der Waals surface area contributed by atoms with Crippen LogP contribution in [0, 0.1) is 10.2 Å². The largest absolute Gasteiger partial charge is 0.491 e. The number of imidazole rings is 1. The standard InChI is InChI=1S/C17H24N2OS/c1-4-11-20-13-8-5-7-12-15(13)18-16(21)19(12)14-9-6-10-17(14,2)3/h5,7-8,14H,4,6,9-11H2,1-3H3,(H,18,21). The SMILES string of the molecule is CCCOc1cccc2c1[nH]c(=S)n2C1CCCC1(C)C. The van der Waals surface area contributed by atoms with Gasteiger partial charge in [-0.1, -0.05) is 33.3 Å². The summed E-state index contributed by atoms with van der Waals surface area (Å²) in [5.74, 6) is 0.912. The van der Waals surface area contributed by atoms with E-state index in [1.54, 1.807) is 0 Å². The Balaban J connectivity index is 2.12. The Bertz CT molecular complexity index is 698. The minimum Gasteiger partial charge on any atom is -0.491 e. The first-order valence-corrected chi connectivity index (χ1v) is 8.31. The van der Waals surface area contributed by atoms with Crippen LogP contribution in [0.3, 0.4) is 0 Å². The summed E-state index contributed by atoms with van der Waals surface area (Å²) in [6.45, 7) is 7.56. The Labute approximate surface area is 131 Å². The third-order valence-electron chi connectivity index (χ3n) is 4.69. The molecule has 0 saturated heterocycles. The zero-order valence-corrected chi connectivity index (χ0v) is 13.9. The van der Waals surface area contributed by atoms with Gasteiger partial charge in [-0.15, -0.1) is 0 Å². The number of hydrogen-bond acceptors (Lipinski definition) is 2. The second-order valence-corrected chi connectivity index (χ2v) is 7.08. The fraction of sp³-hybridized carbons (Fsp3) is 0.588. The van der Waals surface area contributed by atoms with E-state index in [1.807, 2.05) is 6.07 Å². The van der Waals surface area contributed by atoms with Crippen LogP contribution >= 0.6 is 12.2 Å². The van der Waals surface area contributed by atoms with E-state index in [9.17, 15) is 0 Å². The van der Waals surface area contributed by atoms with Gasteiger partial charge in [0.25, 0.3) is 0 Å². The van der Waals surface area contributed by atoms with E-state index in [0.29, 0.717) is 11.5 Å². The fourth-order valence-electron chi connectivity index (χ4n) is 3.55. The van der Waals surface area contributed by atoms with Crippen LogP contribution in [0.25, 0.3) is 11.0 Å². The number of benzene rings is 1. The van der Waals surface area contributed by atoms with Crippen LogP contribution in [-0.4, -0.2) is 16.2 Å². The summed E-state index contributed by atoms with van der Waals surface area (Å²) in [6.07, 6.45) is 4.75. The van der Waals surface area contributed by atoms with Crippen LogP contribution < -0.4 is 4.74 Å². The molecule has 1 aromatic heterocycles. The second-order valence-electron chi connectivity index (χ2n) is 6.70. The van der Waals surface area contributed by atoms with Crippen molar-refractivity contribution >= 4 is 23.3 Å². The van der Waals surface area contributed by atoms with Gasteiger partial charge < -0.3 is 14.3 Å². The number of hydrogen-bond donors (Lipinski definition) is 1. The number of rotatable bonds is 4. The predicted molar refractivity (Wildman–Crippen MR) is 89.6 cm³/mol. The van der Waals surface area contributed by atoms with Crippen LogP contribution in [-0.2, 0) is 0 Å². The molecule has 1 saturated carbocycles. The van der Waals surface area contributed by atoms with Gasteiger partial charge in [0.1, 0.15) is 11.3 Å². The first-order valence-electron chi connectivity index (χ1n) is 7.90. The normalized spacial score (nSPS) is 21.0. The van der Waals surface area contributed by atoms with Crippen molar-refractivity contribution in [3.05, 3.63) is 23.0 Å². The third kappa shape index (κ3) is 2.50. The number of nitrogens with zero attached hydrogens (tertiary/aromatic N) is 1. The van der Waals surface area contributed by atoms with Gasteiger partial charge in [-0.05, 0) is 49.0 Å². The molecule has 0 bridgehead atoms. The highest BCUT2D eigenvalue weighted by Crippen LogP contribution is 2.47. The smallest absolute Gasteiger partial charge is 0.178 e. The summed E-state index contributed by atoms with van der Waals surface area (Å²) in [6, 6.07) is 6.71. The lowest BCUT2D eigenvalue weighted by molar-refractivity contribution is 0.264. The van der Waals surface area contributed by atoms with Gasteiger partial charge >= 0.3 is 0 Å². The van der Waals surface area contributed by atoms with Crippen molar-refractivity contribution in [3.63, 3.8) is 0 Å². The Morgan fingerprint density at radius 2 is 2.24 bits per heavy atom. The molecule has 1 heterocycles. The molecule has 0 spiro atoms. The highest BCUT2D eigenvalue weighted by atomic mass is 32.1. The molecule has 1 unspecified atom stereocenters. The number of H-pyrrole nitrogens is 1. The van der Waals surface area contributed by atoms with E-state index < -0.39 is 0 Å². The summed E-state index contributed by atoms with van der Waals surface area (Å²) >= 11 is 5.62. The summed E-state index contributed by atoms with van der Waals surface area (Å²) in [7, 11) is 0. The lowest BCUT2D eigenvalue weighted by atomic mass is 9.87. The lowest BCUT2D eigenvalue weighted by Gasteiger charge is -2.28. The Kier molecular flexibility index (Phi) is 3.82. The summed E-state index contributed by atoms with van der Waals surface area (Å²) in [5, 5.41) is 0. The van der Waals surface area contributed by atoms with Gasteiger partial charge in [-0.2, -0.15) is 0 Å². The number of aromatic nitrogens is 2. The van der Waals surface area contributed by atoms with Crippen LogP contribution in [0.1, 0.15) is 52.5 Å². The number of fused-ring (bicyclic) bond motifs is 1. The van der Waals surface area contributed by atoms with Gasteiger partial charge in [0.15, 0.2) is 4.77 Å². The van der Waals surface area contributed by atoms with Crippen molar-refractivity contribution in [2.75, 3.05) is 6.61 Å². The zero-order valence-electron chi connectivity index (χ0n) is 13.1. The molecule has 1 atom stereocenters. The van der Waals surface area contributed by atoms with E-state index in [2.05, 4.69) is 42.5 Å².